The first kappa shape index (κ1) is 19.7. The second-order valence-electron chi connectivity index (χ2n) is 5.84. The summed E-state index contributed by atoms with van der Waals surface area (Å²) in [5.41, 5.74) is -3.55. The normalized spacial score (nSPS) is 14.0. The number of nitrogens with zero attached hydrogens (tertiary/aromatic N) is 2. The van der Waals surface area contributed by atoms with E-state index in [-0.39, 0.29) is 24.4 Å². The maximum Gasteiger partial charge on any atom is 0.447 e. The fourth-order valence-corrected chi connectivity index (χ4v) is 4.25. The third-order valence-electron chi connectivity index (χ3n) is 4.01. The Morgan fingerprint density at radius 2 is 2.15 bits per heavy atom. The Bertz CT molecular complexity index is 839. The maximum absolute atomic E-state index is 12.6. The van der Waals surface area contributed by atoms with Gasteiger partial charge in [0.1, 0.15) is 5.03 Å². The van der Waals surface area contributed by atoms with Crippen molar-refractivity contribution in [1.82, 2.24) is 15.2 Å². The molecule has 1 aliphatic rings. The molecule has 3 rings (SSSR count). The van der Waals surface area contributed by atoms with E-state index in [2.05, 4.69) is 10.3 Å². The zero-order valence-electron chi connectivity index (χ0n) is 14.1. The Morgan fingerprint density at radius 1 is 1.33 bits per heavy atom. The molecule has 27 heavy (non-hydrogen) atoms. The topological polar surface area (TPSA) is 62.3 Å². The van der Waals surface area contributed by atoms with Gasteiger partial charge in [-0.15, -0.1) is 11.3 Å². The summed E-state index contributed by atoms with van der Waals surface area (Å²) in [7, 11) is 0. The van der Waals surface area contributed by atoms with Gasteiger partial charge in [0, 0.05) is 48.9 Å². The summed E-state index contributed by atoms with van der Waals surface area (Å²) >= 11 is 1.25. The van der Waals surface area contributed by atoms with Crippen molar-refractivity contribution in [2.45, 2.75) is 29.9 Å². The number of hydrogen-bond acceptors (Lipinski definition) is 5. The van der Waals surface area contributed by atoms with Crippen molar-refractivity contribution in [2.24, 2.45) is 0 Å². The first-order valence-corrected chi connectivity index (χ1v) is 9.85. The van der Waals surface area contributed by atoms with Crippen molar-refractivity contribution < 1.29 is 22.8 Å². The fourth-order valence-electron chi connectivity index (χ4n) is 2.75. The third-order valence-corrected chi connectivity index (χ3v) is 5.79. The maximum atomic E-state index is 12.6. The molecular formula is C17H16F3N3O2S2. The van der Waals surface area contributed by atoms with Crippen LogP contribution in [0.25, 0.3) is 0 Å². The number of carbonyl (C=O) groups is 2. The Labute approximate surface area is 162 Å². The van der Waals surface area contributed by atoms with E-state index in [1.54, 1.807) is 16.2 Å². The lowest BCUT2D eigenvalue weighted by Crippen LogP contribution is -2.37. The van der Waals surface area contributed by atoms with Crippen LogP contribution in [0.1, 0.15) is 27.2 Å². The summed E-state index contributed by atoms with van der Waals surface area (Å²) in [6.07, 6.45) is 2.11. The number of fused-ring (bicyclic) bond motifs is 1. The van der Waals surface area contributed by atoms with E-state index < -0.39 is 28.2 Å². The van der Waals surface area contributed by atoms with Crippen LogP contribution in [0, 0.1) is 0 Å². The van der Waals surface area contributed by atoms with E-state index in [9.17, 15) is 22.8 Å². The van der Waals surface area contributed by atoms with Crippen molar-refractivity contribution in [3.8, 4) is 0 Å². The number of amides is 2. The Balaban J connectivity index is 1.52. The van der Waals surface area contributed by atoms with Crippen LogP contribution in [0.3, 0.4) is 0 Å². The average Bonchev–Trinajstić information content (AvgIpc) is 3.08. The summed E-state index contributed by atoms with van der Waals surface area (Å²) in [5.74, 6) is -0.773. The molecule has 0 fully saturated rings. The molecule has 2 aromatic heterocycles. The molecule has 3 heterocycles. The second-order valence-corrected chi connectivity index (χ2v) is 7.90. The highest BCUT2D eigenvalue weighted by atomic mass is 32.2. The van der Waals surface area contributed by atoms with E-state index in [0.29, 0.717) is 13.1 Å². The number of alkyl halides is 3. The zero-order chi connectivity index (χ0) is 19.4. The van der Waals surface area contributed by atoms with Gasteiger partial charge in [-0.05, 0) is 35.6 Å². The van der Waals surface area contributed by atoms with Crippen LogP contribution in [-0.4, -0.2) is 40.3 Å². The van der Waals surface area contributed by atoms with Crippen LogP contribution < -0.4 is 5.32 Å². The molecule has 0 saturated heterocycles. The SMILES string of the molecule is O=C(NCCC(=O)N1CCc2sccc2C1)c1cccnc1SC(F)(F)F. The summed E-state index contributed by atoms with van der Waals surface area (Å²) in [6.45, 7) is 1.24. The van der Waals surface area contributed by atoms with Crippen LogP contribution in [0.2, 0.25) is 0 Å². The number of pyridine rings is 1. The van der Waals surface area contributed by atoms with Crippen molar-refractivity contribution in [1.29, 1.82) is 0 Å². The molecule has 0 unspecified atom stereocenters. The van der Waals surface area contributed by atoms with E-state index in [0.717, 1.165) is 12.0 Å². The van der Waals surface area contributed by atoms with Crippen molar-refractivity contribution in [2.75, 3.05) is 13.1 Å². The van der Waals surface area contributed by atoms with Gasteiger partial charge in [-0.1, -0.05) is 0 Å². The summed E-state index contributed by atoms with van der Waals surface area (Å²) in [5, 5.41) is 4.10. The number of halogens is 3. The molecule has 0 atom stereocenters. The van der Waals surface area contributed by atoms with Gasteiger partial charge in [-0.25, -0.2) is 4.98 Å². The van der Waals surface area contributed by atoms with Crippen LogP contribution in [0.4, 0.5) is 13.2 Å². The minimum Gasteiger partial charge on any atom is -0.351 e. The number of rotatable bonds is 5. The van der Waals surface area contributed by atoms with Gasteiger partial charge in [-0.3, -0.25) is 9.59 Å². The minimum atomic E-state index is -4.53. The lowest BCUT2D eigenvalue weighted by atomic mass is 10.1. The number of carbonyl (C=O) groups excluding carboxylic acids is 2. The first-order chi connectivity index (χ1) is 12.8. The quantitative estimate of drug-likeness (QED) is 0.760. The molecule has 10 heteroatoms. The minimum absolute atomic E-state index is 0.0513. The molecule has 5 nitrogen and oxygen atoms in total. The van der Waals surface area contributed by atoms with Crippen molar-refractivity contribution in [3.63, 3.8) is 0 Å². The number of hydrogen-bond donors (Lipinski definition) is 1. The van der Waals surface area contributed by atoms with Crippen LogP contribution in [0.15, 0.2) is 34.8 Å². The zero-order valence-corrected chi connectivity index (χ0v) is 15.7. The van der Waals surface area contributed by atoms with Gasteiger partial charge >= 0.3 is 5.51 Å². The predicted molar refractivity (Wildman–Crippen MR) is 96.5 cm³/mol. The molecule has 1 aliphatic heterocycles. The Morgan fingerprint density at radius 3 is 2.93 bits per heavy atom. The average molecular weight is 415 g/mol. The molecule has 0 aromatic carbocycles. The molecule has 0 spiro atoms. The molecule has 1 N–H and O–H groups in total. The standard InChI is InChI=1S/C17H16F3N3O2S2/c18-17(19,20)27-16-12(2-1-6-22-16)15(25)21-7-3-14(24)23-8-4-13-11(10-23)5-9-26-13/h1-2,5-6,9H,3-4,7-8,10H2,(H,21,25). The van der Waals surface area contributed by atoms with Crippen molar-refractivity contribution >= 4 is 34.9 Å². The van der Waals surface area contributed by atoms with Crippen molar-refractivity contribution in [3.05, 3.63) is 45.8 Å². The molecular weight excluding hydrogens is 399 g/mol. The van der Waals surface area contributed by atoms with E-state index >= 15 is 0 Å². The molecule has 0 radical (unpaired) electrons. The van der Waals surface area contributed by atoms with Crippen LogP contribution in [0.5, 0.6) is 0 Å². The van der Waals surface area contributed by atoms with Gasteiger partial charge < -0.3 is 10.2 Å². The first-order valence-electron chi connectivity index (χ1n) is 8.15. The van der Waals surface area contributed by atoms with Gasteiger partial charge in [0.2, 0.25) is 5.91 Å². The fraction of sp³-hybridized carbons (Fsp3) is 0.353. The summed E-state index contributed by atoms with van der Waals surface area (Å²) < 4.78 is 37.7. The van der Waals surface area contributed by atoms with Gasteiger partial charge in [-0.2, -0.15) is 13.2 Å². The Kier molecular flexibility index (Phi) is 6.05. The van der Waals surface area contributed by atoms with Gasteiger partial charge in [0.15, 0.2) is 0 Å². The lowest BCUT2D eigenvalue weighted by Gasteiger charge is -2.27. The van der Waals surface area contributed by atoms with E-state index in [1.165, 1.54) is 23.2 Å². The Hall–Kier alpha value is -2.07. The summed E-state index contributed by atoms with van der Waals surface area (Å²) in [6, 6.07) is 4.68. The molecule has 2 amide bonds. The smallest absolute Gasteiger partial charge is 0.351 e. The van der Waals surface area contributed by atoms with Crippen LogP contribution >= 0.6 is 23.1 Å². The summed E-state index contributed by atoms with van der Waals surface area (Å²) in [4.78, 5) is 31.1. The highest BCUT2D eigenvalue weighted by Gasteiger charge is 2.32. The van der Waals surface area contributed by atoms with Crippen LogP contribution in [-0.2, 0) is 17.8 Å². The third kappa shape index (κ3) is 5.23. The number of nitrogens with one attached hydrogen (secondary N) is 1. The molecule has 0 aliphatic carbocycles. The second kappa shape index (κ2) is 8.30. The molecule has 0 bridgehead atoms. The predicted octanol–water partition coefficient (Wildman–Crippen LogP) is 3.46. The van der Waals surface area contributed by atoms with E-state index in [4.69, 9.17) is 0 Å². The van der Waals surface area contributed by atoms with Gasteiger partial charge in [0.25, 0.3) is 5.91 Å². The van der Waals surface area contributed by atoms with Gasteiger partial charge in [0.05, 0.1) is 5.56 Å². The monoisotopic (exact) mass is 415 g/mol. The molecule has 2 aromatic rings. The molecule has 0 saturated carbocycles. The highest BCUT2D eigenvalue weighted by molar-refractivity contribution is 8.00. The highest BCUT2D eigenvalue weighted by Crippen LogP contribution is 2.37. The number of thiophene rings is 1. The lowest BCUT2D eigenvalue weighted by molar-refractivity contribution is -0.131. The number of thioether (sulfide) groups is 1. The largest absolute Gasteiger partial charge is 0.447 e. The number of aromatic nitrogens is 1. The molecule has 144 valence electrons. The van der Waals surface area contributed by atoms with E-state index in [1.807, 2.05) is 11.4 Å².